The molecule has 0 aromatic heterocycles. The number of hydrogen-bond acceptors (Lipinski definition) is 2. The molecule has 2 aliphatic carbocycles. The van der Waals surface area contributed by atoms with Crippen LogP contribution in [-0.2, 0) is 0 Å². The van der Waals surface area contributed by atoms with Gasteiger partial charge >= 0.3 is 0 Å². The summed E-state index contributed by atoms with van der Waals surface area (Å²) >= 11 is 0. The molecule has 2 nitrogen and oxygen atoms in total. The van der Waals surface area contributed by atoms with E-state index in [1.54, 1.807) is 0 Å². The lowest BCUT2D eigenvalue weighted by molar-refractivity contribution is 0.0315. The first kappa shape index (κ1) is 9.17. The summed E-state index contributed by atoms with van der Waals surface area (Å²) in [6.45, 7) is 2.30. The minimum atomic E-state index is -0.00941. The number of fused-ring (bicyclic) bond motifs is 1. The van der Waals surface area contributed by atoms with Crippen LogP contribution in [0.4, 0.5) is 0 Å². The molecule has 3 fully saturated rings. The van der Waals surface area contributed by atoms with E-state index in [0.717, 1.165) is 43.8 Å². The van der Waals surface area contributed by atoms with Crippen molar-refractivity contribution in [2.45, 2.75) is 50.7 Å². The van der Waals surface area contributed by atoms with Crippen LogP contribution in [0, 0.1) is 11.8 Å². The first-order chi connectivity index (χ1) is 6.84. The maximum Gasteiger partial charge on any atom is 0.0564 e. The van der Waals surface area contributed by atoms with Crippen molar-refractivity contribution in [2.24, 2.45) is 11.8 Å². The molecule has 1 heterocycles. The Morgan fingerprint density at radius 2 is 1.57 bits per heavy atom. The molecule has 0 bridgehead atoms. The number of aliphatic hydroxyl groups excluding tert-OH is 1. The Kier molecular flexibility index (Phi) is 2.29. The van der Waals surface area contributed by atoms with Crippen LogP contribution in [0.25, 0.3) is 0 Å². The van der Waals surface area contributed by atoms with Crippen LogP contribution >= 0.6 is 0 Å². The fourth-order valence-corrected chi connectivity index (χ4v) is 3.73. The smallest absolute Gasteiger partial charge is 0.0564 e. The van der Waals surface area contributed by atoms with Crippen molar-refractivity contribution in [1.82, 2.24) is 4.90 Å². The van der Waals surface area contributed by atoms with Crippen molar-refractivity contribution >= 4 is 0 Å². The van der Waals surface area contributed by atoms with Gasteiger partial charge in [-0.3, -0.25) is 4.90 Å². The largest absolute Gasteiger partial charge is 0.393 e. The van der Waals surface area contributed by atoms with Crippen molar-refractivity contribution in [3.63, 3.8) is 0 Å². The van der Waals surface area contributed by atoms with Gasteiger partial charge in [-0.05, 0) is 50.4 Å². The van der Waals surface area contributed by atoms with Crippen LogP contribution in [0.3, 0.4) is 0 Å². The van der Waals surface area contributed by atoms with E-state index in [0.29, 0.717) is 0 Å². The van der Waals surface area contributed by atoms with Crippen LogP contribution in [0.15, 0.2) is 0 Å². The normalized spacial score (nSPS) is 44.8. The average Bonchev–Trinajstić information content (AvgIpc) is 2.43. The zero-order valence-electron chi connectivity index (χ0n) is 8.86. The fourth-order valence-electron chi connectivity index (χ4n) is 3.73. The number of likely N-dealkylation sites (tertiary alicyclic amines) is 1. The van der Waals surface area contributed by atoms with Gasteiger partial charge in [-0.25, -0.2) is 0 Å². The molecular formula is C12H21NO. The van der Waals surface area contributed by atoms with Crippen molar-refractivity contribution in [3.05, 3.63) is 0 Å². The molecule has 0 spiro atoms. The summed E-state index contributed by atoms with van der Waals surface area (Å²) in [6, 6.07) is 0.890. The monoisotopic (exact) mass is 195 g/mol. The van der Waals surface area contributed by atoms with Gasteiger partial charge in [0.15, 0.2) is 0 Å². The van der Waals surface area contributed by atoms with Crippen molar-refractivity contribution < 1.29 is 5.11 Å². The van der Waals surface area contributed by atoms with Gasteiger partial charge in [0.25, 0.3) is 0 Å². The van der Waals surface area contributed by atoms with Gasteiger partial charge in [0, 0.05) is 19.1 Å². The highest BCUT2D eigenvalue weighted by atomic mass is 16.3. The summed E-state index contributed by atoms with van der Waals surface area (Å²) in [6.07, 6.45) is 7.90. The highest BCUT2D eigenvalue weighted by molar-refractivity contribution is 4.97. The van der Waals surface area contributed by atoms with Crippen molar-refractivity contribution in [1.29, 1.82) is 0 Å². The quantitative estimate of drug-likeness (QED) is 0.687. The van der Waals surface area contributed by atoms with Crippen molar-refractivity contribution in [2.75, 3.05) is 13.1 Å². The molecule has 3 unspecified atom stereocenters. The molecule has 14 heavy (non-hydrogen) atoms. The summed E-state index contributed by atoms with van der Waals surface area (Å²) in [5.41, 5.74) is 0. The van der Waals surface area contributed by atoms with E-state index in [1.807, 2.05) is 0 Å². The van der Waals surface area contributed by atoms with Crippen LogP contribution in [0.2, 0.25) is 0 Å². The number of rotatable bonds is 1. The van der Waals surface area contributed by atoms with Crippen LogP contribution in [0.5, 0.6) is 0 Å². The second kappa shape index (κ2) is 3.49. The average molecular weight is 195 g/mol. The number of piperidine rings is 1. The second-order valence-corrected chi connectivity index (χ2v) is 5.41. The number of nitrogens with zero attached hydrogens (tertiary/aromatic N) is 1. The van der Waals surface area contributed by atoms with E-state index in [4.69, 9.17) is 0 Å². The van der Waals surface area contributed by atoms with Crippen molar-refractivity contribution in [3.8, 4) is 0 Å². The Hall–Kier alpha value is -0.0800. The molecule has 0 radical (unpaired) electrons. The standard InChI is InChI=1S/C12H21NO/c14-10-5-7-13(8-6-10)12-4-2-9-1-3-11(9)12/h9-12,14H,1-8H2. The van der Waals surface area contributed by atoms with E-state index in [2.05, 4.69) is 4.90 Å². The molecule has 80 valence electrons. The molecule has 2 saturated carbocycles. The summed E-state index contributed by atoms with van der Waals surface area (Å²) in [5, 5.41) is 9.47. The first-order valence-corrected chi connectivity index (χ1v) is 6.27. The molecular weight excluding hydrogens is 174 g/mol. The lowest BCUT2D eigenvalue weighted by Gasteiger charge is -2.42. The zero-order valence-corrected chi connectivity index (χ0v) is 8.86. The fraction of sp³-hybridized carbons (Fsp3) is 1.00. The van der Waals surface area contributed by atoms with Gasteiger partial charge in [-0.2, -0.15) is 0 Å². The van der Waals surface area contributed by atoms with Gasteiger partial charge < -0.3 is 5.11 Å². The Bertz CT molecular complexity index is 210. The molecule has 1 aliphatic heterocycles. The van der Waals surface area contributed by atoms with Gasteiger partial charge in [0.05, 0.1) is 6.10 Å². The summed E-state index contributed by atoms with van der Waals surface area (Å²) in [4.78, 5) is 2.66. The van der Waals surface area contributed by atoms with E-state index in [-0.39, 0.29) is 6.10 Å². The van der Waals surface area contributed by atoms with E-state index in [9.17, 15) is 5.11 Å². The maximum absolute atomic E-state index is 9.47. The highest BCUT2D eigenvalue weighted by Gasteiger charge is 2.44. The van der Waals surface area contributed by atoms with Gasteiger partial charge in [-0.15, -0.1) is 0 Å². The molecule has 0 aromatic rings. The number of hydrogen-bond donors (Lipinski definition) is 1. The summed E-state index contributed by atoms with van der Waals surface area (Å²) < 4.78 is 0. The lowest BCUT2D eigenvalue weighted by Crippen LogP contribution is -2.46. The molecule has 2 heteroatoms. The SMILES string of the molecule is OC1CCN(C2CCC3CCC32)CC1. The molecule has 3 atom stereocenters. The van der Waals surface area contributed by atoms with Gasteiger partial charge in [0.1, 0.15) is 0 Å². The Labute approximate surface area is 86.3 Å². The topological polar surface area (TPSA) is 23.5 Å². The van der Waals surface area contributed by atoms with Gasteiger partial charge in [0.2, 0.25) is 0 Å². The first-order valence-electron chi connectivity index (χ1n) is 6.27. The summed E-state index contributed by atoms with van der Waals surface area (Å²) in [5.74, 6) is 2.11. The Morgan fingerprint density at radius 1 is 0.857 bits per heavy atom. The molecule has 0 amide bonds. The molecule has 0 aromatic carbocycles. The molecule has 3 aliphatic rings. The molecule has 3 rings (SSSR count). The molecule has 1 N–H and O–H groups in total. The lowest BCUT2D eigenvalue weighted by atomic mass is 9.74. The predicted octanol–water partition coefficient (Wildman–Crippen LogP) is 1.63. The summed E-state index contributed by atoms with van der Waals surface area (Å²) in [7, 11) is 0. The maximum atomic E-state index is 9.47. The Morgan fingerprint density at radius 3 is 2.14 bits per heavy atom. The highest BCUT2D eigenvalue weighted by Crippen LogP contribution is 2.49. The third-order valence-corrected chi connectivity index (χ3v) is 4.77. The third kappa shape index (κ3) is 1.40. The molecule has 1 saturated heterocycles. The van der Waals surface area contributed by atoms with Crippen LogP contribution in [0.1, 0.15) is 38.5 Å². The second-order valence-electron chi connectivity index (χ2n) is 5.41. The van der Waals surface area contributed by atoms with E-state index >= 15 is 0 Å². The predicted molar refractivity (Wildman–Crippen MR) is 56.0 cm³/mol. The van der Waals surface area contributed by atoms with Gasteiger partial charge in [-0.1, -0.05) is 0 Å². The Balaban J connectivity index is 1.60. The van der Waals surface area contributed by atoms with Crippen LogP contribution in [-0.4, -0.2) is 35.2 Å². The third-order valence-electron chi connectivity index (χ3n) is 4.77. The minimum Gasteiger partial charge on any atom is -0.393 e. The van der Waals surface area contributed by atoms with Crippen LogP contribution < -0.4 is 0 Å². The number of aliphatic hydroxyl groups is 1. The van der Waals surface area contributed by atoms with E-state index < -0.39 is 0 Å². The minimum absolute atomic E-state index is 0.00941. The zero-order chi connectivity index (χ0) is 9.54. The van der Waals surface area contributed by atoms with E-state index in [1.165, 1.54) is 25.7 Å².